The molecule has 8 bridgehead atoms. The summed E-state index contributed by atoms with van der Waals surface area (Å²) in [7, 11) is 0. The molecular weight excluding hydrogens is 1170 g/mol. The van der Waals surface area contributed by atoms with Crippen molar-refractivity contribution in [2.45, 2.75) is 238 Å². The fraction of sp³-hybridized carbons (Fsp3) is 0.808. The molecule has 14 aliphatic carbocycles. The molecule has 15 heteroatoms. The van der Waals surface area contributed by atoms with Crippen molar-refractivity contribution < 1.29 is 49.5 Å². The van der Waals surface area contributed by atoms with Gasteiger partial charge >= 0.3 is 0 Å². The van der Waals surface area contributed by atoms with E-state index < -0.39 is 0 Å². The van der Waals surface area contributed by atoms with Crippen molar-refractivity contribution in [3.8, 4) is 0 Å². The first kappa shape index (κ1) is 71.6. The van der Waals surface area contributed by atoms with Crippen LogP contribution in [-0.4, -0.2) is 118 Å². The fourth-order valence-electron chi connectivity index (χ4n) is 23.5. The fourth-order valence-corrected chi connectivity index (χ4v) is 23.5. The molecule has 28 unspecified atom stereocenters. The molecule has 5 amide bonds. The Balaban J connectivity index is 0.000000127. The SMILES string of the molecule is C=C(C)C(=O)NC1CC2CC1C1C3CC(CO)C(C3)C21.C=C(C)C(=O)NC1CC2CC1C1C3CC(O)C(C3)C21.C=C(C)C(=O)NC1CCCC2C(CO)CCCC12.C=C(C)C(=O)NC1CCCC2C(O)CCCC12.C=C(C)C(=O)NCC1CCC2CC(CO)CCC2C1. The lowest BCUT2D eigenvalue weighted by atomic mass is 9.63. The van der Waals surface area contributed by atoms with Crippen LogP contribution in [0, 0.1) is 130 Å². The van der Waals surface area contributed by atoms with Gasteiger partial charge in [-0.25, -0.2) is 0 Å². The van der Waals surface area contributed by atoms with Gasteiger partial charge in [0.15, 0.2) is 0 Å². The number of fused-ring (bicyclic) bond motifs is 21. The average Bonchev–Trinajstić information content (AvgIpc) is 1.56. The van der Waals surface area contributed by atoms with Crippen LogP contribution in [0.25, 0.3) is 0 Å². The number of hydrogen-bond acceptors (Lipinski definition) is 10. The van der Waals surface area contributed by atoms with Crippen molar-refractivity contribution in [1.29, 1.82) is 0 Å². The van der Waals surface area contributed by atoms with E-state index in [9.17, 15) is 49.5 Å². The molecule has 0 aromatic rings. The van der Waals surface area contributed by atoms with Crippen LogP contribution in [0.3, 0.4) is 0 Å². The van der Waals surface area contributed by atoms with Gasteiger partial charge in [0.05, 0.1) is 12.2 Å². The summed E-state index contributed by atoms with van der Waals surface area (Å²) in [5.74, 6) is 14.9. The van der Waals surface area contributed by atoms with Gasteiger partial charge in [0, 0.05) is 78.4 Å². The number of aliphatic hydroxyl groups is 5. The third-order valence-corrected chi connectivity index (χ3v) is 27.5. The Hall–Kier alpha value is -4.15. The van der Waals surface area contributed by atoms with Crippen LogP contribution in [-0.2, 0) is 24.0 Å². The van der Waals surface area contributed by atoms with Crippen LogP contribution in [0.1, 0.15) is 202 Å². The van der Waals surface area contributed by atoms with E-state index in [1.165, 1.54) is 96.3 Å². The van der Waals surface area contributed by atoms with Gasteiger partial charge < -0.3 is 52.1 Å². The summed E-state index contributed by atoms with van der Waals surface area (Å²) in [5, 5.41) is 64.1. The standard InChI is InChI=1S/C17H25NO2.C16H23NO2.C16H27NO2.C15H25NO2.C14H23NO2/c1-8(2)17(20)18-14-6-10-5-13(14)16-9-3-11(7-19)12(4-9)15(10)16;1-7(2)16(19)17-12-5-8-3-10(12)14-9-4-11(15(8)14)13(18)6-9;1-11(2)16(19)17-9-12-3-5-15-8-13(10-18)4-6-14(15)7-12;1-10(2)15(18)16-14-8-4-6-12-11(9-17)5-3-7-13(12)14;1-9(2)14(17)15-12-7-3-6-11-10(12)5-4-8-13(11)16/h9-16,19H,1,3-7H2,2H3,(H,18,20);8-15,18H,1,3-6H2,2H3,(H,17,19);12-15,18H,1,3-10H2,2H3,(H,17,19);11-14,17H,1,3-9H2,2H3,(H,16,18);10-13,16H,1,3-8H2,2H3,(H,15,17). The summed E-state index contributed by atoms with van der Waals surface area (Å²) in [6, 6.07) is 1.29. The lowest BCUT2D eigenvalue weighted by molar-refractivity contribution is -0.120. The van der Waals surface area contributed by atoms with Crippen molar-refractivity contribution in [1.82, 2.24) is 26.6 Å². The van der Waals surface area contributed by atoms with E-state index in [-0.39, 0.29) is 47.8 Å². The molecule has 93 heavy (non-hydrogen) atoms. The second kappa shape index (κ2) is 31.6. The minimum absolute atomic E-state index is 0.00762. The Labute approximate surface area is 558 Å². The Kier molecular flexibility index (Phi) is 24.3. The van der Waals surface area contributed by atoms with Crippen molar-refractivity contribution in [2.24, 2.45) is 130 Å². The lowest BCUT2D eigenvalue weighted by Crippen LogP contribution is -2.49. The molecule has 15 nitrogen and oxygen atoms in total. The van der Waals surface area contributed by atoms with E-state index in [0.717, 1.165) is 142 Å². The van der Waals surface area contributed by atoms with Crippen molar-refractivity contribution in [3.63, 3.8) is 0 Å². The minimum atomic E-state index is -0.154. The van der Waals surface area contributed by atoms with Gasteiger partial charge in [0.1, 0.15) is 0 Å². The average molecular weight is 1290 g/mol. The molecule has 0 heterocycles. The Bertz CT molecular complexity index is 2710. The van der Waals surface area contributed by atoms with Gasteiger partial charge in [-0.1, -0.05) is 58.6 Å². The molecular formula is C78H123N5O10. The number of amides is 5. The Morgan fingerprint density at radius 3 is 1.24 bits per heavy atom. The summed E-state index contributed by atoms with van der Waals surface area (Å²) in [4.78, 5) is 58.7. The van der Waals surface area contributed by atoms with E-state index in [0.29, 0.717) is 131 Å². The highest BCUT2D eigenvalue weighted by molar-refractivity contribution is 5.94. The molecule has 10 N–H and O–H groups in total. The number of rotatable bonds is 14. The summed E-state index contributed by atoms with van der Waals surface area (Å²) in [6.07, 6.45) is 30.3. The molecule has 14 rings (SSSR count). The maximum Gasteiger partial charge on any atom is 0.246 e. The molecule has 0 aromatic carbocycles. The topological polar surface area (TPSA) is 247 Å². The first-order chi connectivity index (χ1) is 44.5. The second-order valence-corrected chi connectivity index (χ2v) is 33.3. The predicted molar refractivity (Wildman–Crippen MR) is 365 cm³/mol. The third kappa shape index (κ3) is 16.1. The molecule has 0 saturated heterocycles. The molecule has 0 aliphatic heterocycles. The predicted octanol–water partition coefficient (Wildman–Crippen LogP) is 10.5. The summed E-state index contributed by atoms with van der Waals surface area (Å²) >= 11 is 0. The molecule has 0 radical (unpaired) electrons. The largest absolute Gasteiger partial charge is 0.396 e. The van der Waals surface area contributed by atoms with E-state index in [1.54, 1.807) is 34.6 Å². The first-order valence-electron chi connectivity index (χ1n) is 37.5. The smallest absolute Gasteiger partial charge is 0.246 e. The Morgan fingerprint density at radius 2 is 0.720 bits per heavy atom. The first-order valence-corrected chi connectivity index (χ1v) is 37.5. The van der Waals surface area contributed by atoms with E-state index in [2.05, 4.69) is 59.5 Å². The zero-order chi connectivity index (χ0) is 66.7. The van der Waals surface area contributed by atoms with Crippen molar-refractivity contribution in [3.05, 3.63) is 60.8 Å². The number of aliphatic hydroxyl groups excluding tert-OH is 5. The van der Waals surface area contributed by atoms with E-state index in [4.69, 9.17) is 0 Å². The quantitative estimate of drug-likeness (QED) is 0.0582. The maximum absolute atomic E-state index is 11.9. The highest BCUT2D eigenvalue weighted by Crippen LogP contribution is 2.69. The molecule has 0 aromatic heterocycles. The van der Waals surface area contributed by atoms with Gasteiger partial charge in [0.2, 0.25) is 29.5 Å². The van der Waals surface area contributed by atoms with Gasteiger partial charge in [0.25, 0.3) is 0 Å². The summed E-state index contributed by atoms with van der Waals surface area (Å²) < 4.78 is 0. The van der Waals surface area contributed by atoms with Crippen LogP contribution in [0.4, 0.5) is 0 Å². The maximum atomic E-state index is 11.9. The zero-order valence-electron chi connectivity index (χ0n) is 57.7. The van der Waals surface area contributed by atoms with Crippen LogP contribution in [0.15, 0.2) is 60.8 Å². The van der Waals surface area contributed by atoms with Crippen LogP contribution in [0.5, 0.6) is 0 Å². The lowest BCUT2D eigenvalue weighted by Gasteiger charge is -2.45. The highest BCUT2D eigenvalue weighted by atomic mass is 16.3. The Morgan fingerprint density at radius 1 is 0.323 bits per heavy atom. The van der Waals surface area contributed by atoms with E-state index >= 15 is 0 Å². The van der Waals surface area contributed by atoms with Gasteiger partial charge in [-0.15, -0.1) is 0 Å². The van der Waals surface area contributed by atoms with Crippen molar-refractivity contribution >= 4 is 29.5 Å². The molecule has 0 spiro atoms. The molecule has 14 fully saturated rings. The van der Waals surface area contributed by atoms with Crippen LogP contribution >= 0.6 is 0 Å². The molecule has 14 aliphatic rings. The van der Waals surface area contributed by atoms with Gasteiger partial charge in [-0.3, -0.25) is 24.0 Å². The number of carbonyl (C=O) groups is 5. The number of hydrogen-bond donors (Lipinski definition) is 10. The highest BCUT2D eigenvalue weighted by Gasteiger charge is 2.66. The molecule has 28 atom stereocenters. The monoisotopic (exact) mass is 1290 g/mol. The van der Waals surface area contributed by atoms with Crippen LogP contribution in [0.2, 0.25) is 0 Å². The van der Waals surface area contributed by atoms with Crippen molar-refractivity contribution in [2.75, 3.05) is 26.4 Å². The number of carbonyl (C=O) groups excluding carboxylic acids is 5. The van der Waals surface area contributed by atoms with Gasteiger partial charge in [-0.2, -0.15) is 0 Å². The van der Waals surface area contributed by atoms with E-state index in [1.807, 2.05) is 0 Å². The second-order valence-electron chi connectivity index (χ2n) is 33.3. The number of nitrogens with one attached hydrogen (secondary N) is 5. The molecule has 14 saturated carbocycles. The summed E-state index contributed by atoms with van der Waals surface area (Å²) in [6.45, 7) is 29.2. The normalized spacial score (nSPS) is 42.6. The third-order valence-electron chi connectivity index (χ3n) is 27.5. The zero-order valence-corrected chi connectivity index (χ0v) is 57.7. The summed E-state index contributed by atoms with van der Waals surface area (Å²) in [5.41, 5.74) is 2.99. The minimum Gasteiger partial charge on any atom is -0.396 e. The van der Waals surface area contributed by atoms with Crippen LogP contribution < -0.4 is 26.6 Å². The molecule has 520 valence electrons. The van der Waals surface area contributed by atoms with Gasteiger partial charge in [-0.05, 0) is 306 Å².